The second-order valence-corrected chi connectivity index (χ2v) is 4.48. The monoisotopic (exact) mass is 251 g/mol. The summed E-state index contributed by atoms with van der Waals surface area (Å²) < 4.78 is 13.1. The SMILES string of the molecule is Cc1cc(CNC(=O)N2CCNCC2)ccc1F. The number of piperazine rings is 1. The van der Waals surface area contributed by atoms with Crippen LogP contribution in [0.5, 0.6) is 0 Å². The van der Waals surface area contributed by atoms with Gasteiger partial charge in [-0.15, -0.1) is 0 Å². The number of nitrogens with one attached hydrogen (secondary N) is 2. The first-order valence-corrected chi connectivity index (χ1v) is 6.15. The van der Waals surface area contributed by atoms with Crippen LogP contribution in [0, 0.1) is 12.7 Å². The number of rotatable bonds is 2. The van der Waals surface area contributed by atoms with Crippen LogP contribution >= 0.6 is 0 Å². The predicted molar refractivity (Wildman–Crippen MR) is 67.8 cm³/mol. The first-order chi connectivity index (χ1) is 8.66. The van der Waals surface area contributed by atoms with Crippen molar-refractivity contribution >= 4 is 6.03 Å². The molecule has 1 saturated heterocycles. The minimum atomic E-state index is -0.216. The van der Waals surface area contributed by atoms with Crippen LogP contribution in [0.4, 0.5) is 9.18 Å². The van der Waals surface area contributed by atoms with Gasteiger partial charge in [0.05, 0.1) is 0 Å². The second-order valence-electron chi connectivity index (χ2n) is 4.48. The molecule has 0 radical (unpaired) electrons. The van der Waals surface area contributed by atoms with Crippen molar-refractivity contribution in [2.45, 2.75) is 13.5 Å². The molecule has 4 nitrogen and oxygen atoms in total. The van der Waals surface area contributed by atoms with E-state index in [0.29, 0.717) is 12.1 Å². The van der Waals surface area contributed by atoms with Crippen molar-refractivity contribution in [3.8, 4) is 0 Å². The molecule has 0 aromatic heterocycles. The lowest BCUT2D eigenvalue weighted by Gasteiger charge is -2.27. The number of amides is 2. The quantitative estimate of drug-likeness (QED) is 0.831. The van der Waals surface area contributed by atoms with Crippen LogP contribution < -0.4 is 10.6 Å². The van der Waals surface area contributed by atoms with Crippen LogP contribution in [-0.2, 0) is 6.54 Å². The molecule has 1 aromatic carbocycles. The zero-order valence-corrected chi connectivity index (χ0v) is 10.5. The molecule has 1 aliphatic heterocycles. The third-order valence-corrected chi connectivity index (χ3v) is 3.07. The summed E-state index contributed by atoms with van der Waals surface area (Å²) in [6, 6.07) is 4.83. The number of nitrogens with zero attached hydrogens (tertiary/aromatic N) is 1. The Bertz CT molecular complexity index is 430. The molecule has 1 fully saturated rings. The molecule has 1 heterocycles. The van der Waals surface area contributed by atoms with Crippen LogP contribution in [0.1, 0.15) is 11.1 Å². The molecule has 0 aliphatic carbocycles. The number of halogens is 1. The molecule has 2 N–H and O–H groups in total. The molecule has 98 valence electrons. The summed E-state index contributed by atoms with van der Waals surface area (Å²) in [6.07, 6.45) is 0. The Morgan fingerprint density at radius 2 is 2.17 bits per heavy atom. The summed E-state index contributed by atoms with van der Waals surface area (Å²) in [7, 11) is 0. The molecule has 0 bridgehead atoms. The average Bonchev–Trinajstić information content (AvgIpc) is 2.41. The van der Waals surface area contributed by atoms with Gasteiger partial charge in [0.1, 0.15) is 5.82 Å². The van der Waals surface area contributed by atoms with Gasteiger partial charge in [0.25, 0.3) is 0 Å². The van der Waals surface area contributed by atoms with E-state index < -0.39 is 0 Å². The zero-order valence-electron chi connectivity index (χ0n) is 10.5. The van der Waals surface area contributed by atoms with E-state index in [1.165, 1.54) is 6.07 Å². The van der Waals surface area contributed by atoms with Crippen LogP contribution in [-0.4, -0.2) is 37.1 Å². The Morgan fingerprint density at radius 3 is 2.83 bits per heavy atom. The average molecular weight is 251 g/mol. The van der Waals surface area contributed by atoms with Crippen molar-refractivity contribution < 1.29 is 9.18 Å². The Hall–Kier alpha value is -1.62. The molecule has 0 unspecified atom stereocenters. The van der Waals surface area contributed by atoms with Crippen LogP contribution in [0.25, 0.3) is 0 Å². The molecule has 5 heteroatoms. The molecule has 1 aliphatic rings. The Kier molecular flexibility index (Phi) is 4.15. The number of carbonyl (C=O) groups is 1. The van der Waals surface area contributed by atoms with Crippen LogP contribution in [0.2, 0.25) is 0 Å². The second kappa shape index (κ2) is 5.82. The lowest BCUT2D eigenvalue weighted by atomic mass is 10.1. The molecule has 2 rings (SSSR count). The van der Waals surface area contributed by atoms with Crippen molar-refractivity contribution in [2.75, 3.05) is 26.2 Å². The van der Waals surface area contributed by atoms with E-state index in [1.54, 1.807) is 24.0 Å². The van der Waals surface area contributed by atoms with Gasteiger partial charge in [-0.25, -0.2) is 9.18 Å². The summed E-state index contributed by atoms with van der Waals surface area (Å²) in [4.78, 5) is 13.6. The topological polar surface area (TPSA) is 44.4 Å². The first-order valence-electron chi connectivity index (χ1n) is 6.15. The Balaban J connectivity index is 1.86. The van der Waals surface area contributed by atoms with Gasteiger partial charge in [-0.2, -0.15) is 0 Å². The first kappa shape index (κ1) is 12.8. The van der Waals surface area contributed by atoms with Gasteiger partial charge < -0.3 is 15.5 Å². The number of hydrogen-bond donors (Lipinski definition) is 2. The highest BCUT2D eigenvalue weighted by Gasteiger charge is 2.15. The largest absolute Gasteiger partial charge is 0.334 e. The Labute approximate surface area is 106 Å². The zero-order chi connectivity index (χ0) is 13.0. The molecule has 0 saturated carbocycles. The lowest BCUT2D eigenvalue weighted by molar-refractivity contribution is 0.190. The minimum absolute atomic E-state index is 0.0570. The standard InChI is InChI=1S/C13H18FN3O/c1-10-8-11(2-3-12(10)14)9-16-13(18)17-6-4-15-5-7-17/h2-3,8,15H,4-7,9H2,1H3,(H,16,18). The number of hydrogen-bond acceptors (Lipinski definition) is 2. The van der Waals surface area contributed by atoms with Gasteiger partial charge >= 0.3 is 6.03 Å². The predicted octanol–water partition coefficient (Wildman–Crippen LogP) is 1.25. The van der Waals surface area contributed by atoms with Gasteiger partial charge in [-0.3, -0.25) is 0 Å². The third-order valence-electron chi connectivity index (χ3n) is 3.07. The van der Waals surface area contributed by atoms with Crippen molar-refractivity contribution in [1.29, 1.82) is 0 Å². The minimum Gasteiger partial charge on any atom is -0.334 e. The summed E-state index contributed by atoms with van der Waals surface area (Å²) >= 11 is 0. The molecule has 0 atom stereocenters. The molecule has 2 amide bonds. The van der Waals surface area contributed by atoms with Crippen LogP contribution in [0.15, 0.2) is 18.2 Å². The summed E-state index contributed by atoms with van der Waals surface area (Å²) in [5.41, 5.74) is 1.52. The highest BCUT2D eigenvalue weighted by molar-refractivity contribution is 5.74. The maximum absolute atomic E-state index is 13.1. The van der Waals surface area contributed by atoms with Crippen molar-refractivity contribution in [3.63, 3.8) is 0 Å². The smallest absolute Gasteiger partial charge is 0.317 e. The number of carbonyl (C=O) groups excluding carboxylic acids is 1. The van der Waals surface area contributed by atoms with Gasteiger partial charge in [-0.05, 0) is 24.1 Å². The van der Waals surface area contributed by atoms with E-state index >= 15 is 0 Å². The summed E-state index contributed by atoms with van der Waals surface area (Å²) in [6.45, 7) is 5.29. The Morgan fingerprint density at radius 1 is 1.44 bits per heavy atom. The van der Waals surface area contributed by atoms with E-state index in [2.05, 4.69) is 10.6 Å². The molecule has 18 heavy (non-hydrogen) atoms. The number of urea groups is 1. The molecule has 0 spiro atoms. The van der Waals surface area contributed by atoms with Gasteiger partial charge in [0, 0.05) is 32.7 Å². The third kappa shape index (κ3) is 3.20. The lowest BCUT2D eigenvalue weighted by Crippen LogP contribution is -2.50. The maximum Gasteiger partial charge on any atom is 0.317 e. The maximum atomic E-state index is 13.1. The van der Waals surface area contributed by atoms with E-state index in [-0.39, 0.29) is 11.8 Å². The highest BCUT2D eigenvalue weighted by atomic mass is 19.1. The van der Waals surface area contributed by atoms with E-state index in [9.17, 15) is 9.18 Å². The fraction of sp³-hybridized carbons (Fsp3) is 0.462. The summed E-state index contributed by atoms with van der Waals surface area (Å²) in [5, 5.41) is 6.05. The summed E-state index contributed by atoms with van der Waals surface area (Å²) in [5.74, 6) is -0.216. The molecular formula is C13H18FN3O. The van der Waals surface area contributed by atoms with Gasteiger partial charge in [0.15, 0.2) is 0 Å². The van der Waals surface area contributed by atoms with Crippen molar-refractivity contribution in [3.05, 3.63) is 35.1 Å². The van der Waals surface area contributed by atoms with Crippen molar-refractivity contribution in [1.82, 2.24) is 15.5 Å². The fourth-order valence-electron chi connectivity index (χ4n) is 1.97. The van der Waals surface area contributed by atoms with E-state index in [1.807, 2.05) is 0 Å². The normalized spacial score (nSPS) is 15.6. The number of aryl methyl sites for hydroxylation is 1. The highest BCUT2D eigenvalue weighted by Crippen LogP contribution is 2.09. The van der Waals surface area contributed by atoms with Gasteiger partial charge in [0.2, 0.25) is 0 Å². The number of benzene rings is 1. The van der Waals surface area contributed by atoms with E-state index in [4.69, 9.17) is 0 Å². The van der Waals surface area contributed by atoms with Crippen molar-refractivity contribution in [2.24, 2.45) is 0 Å². The van der Waals surface area contributed by atoms with E-state index in [0.717, 1.165) is 31.7 Å². The van der Waals surface area contributed by atoms with Crippen LogP contribution in [0.3, 0.4) is 0 Å². The van der Waals surface area contributed by atoms with Gasteiger partial charge in [-0.1, -0.05) is 12.1 Å². The molecular weight excluding hydrogens is 233 g/mol. The fourth-order valence-corrected chi connectivity index (χ4v) is 1.97. The molecule has 1 aromatic rings.